The molecule has 1 atom stereocenters. The fourth-order valence-electron chi connectivity index (χ4n) is 2.35. The van der Waals surface area contributed by atoms with Gasteiger partial charge in [-0.25, -0.2) is 0 Å². The molecule has 1 aliphatic rings. The molecule has 2 aromatic rings. The number of nitrogens with zero attached hydrogens (tertiary/aromatic N) is 1. The maximum atomic E-state index is 5.99. The highest BCUT2D eigenvalue weighted by Gasteiger charge is 2.22. The zero-order valence-electron chi connectivity index (χ0n) is 9.32. The molecular formula is C13H13ClN2O. The zero-order valence-corrected chi connectivity index (χ0v) is 10.1. The fourth-order valence-corrected chi connectivity index (χ4v) is 2.55. The standard InChI is InChI=1S/C13H13ClN2O/c14-10-2-3-12-9(7-10)1-4-13(12)15-8-11-5-6-17-16-11/h2-3,5-7,13,15H,1,4,8H2. The van der Waals surface area contributed by atoms with E-state index < -0.39 is 0 Å². The van der Waals surface area contributed by atoms with E-state index in [0.29, 0.717) is 6.04 Å². The molecule has 1 aromatic carbocycles. The van der Waals surface area contributed by atoms with Crippen LogP contribution in [0.25, 0.3) is 0 Å². The molecule has 0 amide bonds. The predicted octanol–water partition coefficient (Wildman–Crippen LogP) is 3.11. The van der Waals surface area contributed by atoms with Crippen molar-refractivity contribution in [2.45, 2.75) is 25.4 Å². The lowest BCUT2D eigenvalue weighted by atomic mass is 10.1. The molecule has 0 spiro atoms. The third kappa shape index (κ3) is 2.21. The van der Waals surface area contributed by atoms with Crippen LogP contribution in [0.5, 0.6) is 0 Å². The maximum Gasteiger partial charge on any atom is 0.124 e. The van der Waals surface area contributed by atoms with Gasteiger partial charge in [0.1, 0.15) is 6.26 Å². The molecule has 3 nitrogen and oxygen atoms in total. The molecule has 1 heterocycles. The SMILES string of the molecule is Clc1ccc2c(c1)CCC2NCc1ccon1. The van der Waals surface area contributed by atoms with Gasteiger partial charge < -0.3 is 9.84 Å². The van der Waals surface area contributed by atoms with E-state index in [1.165, 1.54) is 11.1 Å². The van der Waals surface area contributed by atoms with Crippen molar-refractivity contribution in [1.82, 2.24) is 10.5 Å². The second kappa shape index (κ2) is 4.51. The number of nitrogens with one attached hydrogen (secondary N) is 1. The Morgan fingerprint density at radius 2 is 2.35 bits per heavy atom. The number of aryl methyl sites for hydroxylation is 1. The molecular weight excluding hydrogens is 236 g/mol. The molecule has 0 fully saturated rings. The molecule has 3 rings (SSSR count). The van der Waals surface area contributed by atoms with Gasteiger partial charge in [0.25, 0.3) is 0 Å². The van der Waals surface area contributed by atoms with Crippen molar-refractivity contribution >= 4 is 11.6 Å². The van der Waals surface area contributed by atoms with Gasteiger partial charge in [0.15, 0.2) is 0 Å². The van der Waals surface area contributed by atoms with Gasteiger partial charge in [-0.3, -0.25) is 0 Å². The Hall–Kier alpha value is -1.32. The summed E-state index contributed by atoms with van der Waals surface area (Å²) >= 11 is 5.99. The molecule has 1 unspecified atom stereocenters. The van der Waals surface area contributed by atoms with E-state index in [1.807, 2.05) is 12.1 Å². The molecule has 17 heavy (non-hydrogen) atoms. The largest absolute Gasteiger partial charge is 0.364 e. The fraction of sp³-hybridized carbons (Fsp3) is 0.308. The Kier molecular flexibility index (Phi) is 2.87. The van der Waals surface area contributed by atoms with Crippen LogP contribution < -0.4 is 5.32 Å². The minimum Gasteiger partial charge on any atom is -0.364 e. The number of fused-ring (bicyclic) bond motifs is 1. The van der Waals surface area contributed by atoms with Gasteiger partial charge in [0.05, 0.1) is 5.69 Å². The summed E-state index contributed by atoms with van der Waals surface area (Å²) in [4.78, 5) is 0. The van der Waals surface area contributed by atoms with Crippen LogP contribution in [0.4, 0.5) is 0 Å². The summed E-state index contributed by atoms with van der Waals surface area (Å²) in [6.07, 6.45) is 3.80. The number of hydrogen-bond acceptors (Lipinski definition) is 3. The van der Waals surface area contributed by atoms with Crippen molar-refractivity contribution in [2.24, 2.45) is 0 Å². The molecule has 1 aliphatic carbocycles. The van der Waals surface area contributed by atoms with Gasteiger partial charge in [-0.1, -0.05) is 22.8 Å². The number of aromatic nitrogens is 1. The Labute approximate surface area is 105 Å². The van der Waals surface area contributed by atoms with Crippen LogP contribution in [-0.4, -0.2) is 5.16 Å². The highest BCUT2D eigenvalue weighted by Crippen LogP contribution is 2.32. The maximum absolute atomic E-state index is 5.99. The van der Waals surface area contributed by atoms with Gasteiger partial charge in [-0.15, -0.1) is 0 Å². The van der Waals surface area contributed by atoms with Gasteiger partial charge in [-0.05, 0) is 36.1 Å². The molecule has 1 aromatic heterocycles. The summed E-state index contributed by atoms with van der Waals surface area (Å²) < 4.78 is 4.81. The summed E-state index contributed by atoms with van der Waals surface area (Å²) in [7, 11) is 0. The van der Waals surface area contributed by atoms with Crippen LogP contribution in [0, 0.1) is 0 Å². The van der Waals surface area contributed by atoms with E-state index in [1.54, 1.807) is 6.26 Å². The van der Waals surface area contributed by atoms with Crippen molar-refractivity contribution in [2.75, 3.05) is 0 Å². The quantitative estimate of drug-likeness (QED) is 0.907. The monoisotopic (exact) mass is 248 g/mol. The second-order valence-electron chi connectivity index (χ2n) is 4.31. The average Bonchev–Trinajstić information content (AvgIpc) is 2.94. The average molecular weight is 249 g/mol. The predicted molar refractivity (Wildman–Crippen MR) is 65.9 cm³/mol. The van der Waals surface area contributed by atoms with Gasteiger partial charge in [-0.2, -0.15) is 0 Å². The van der Waals surface area contributed by atoms with Gasteiger partial charge in [0, 0.05) is 23.7 Å². The lowest BCUT2D eigenvalue weighted by Crippen LogP contribution is -2.18. The minimum absolute atomic E-state index is 0.402. The summed E-state index contributed by atoms with van der Waals surface area (Å²) in [6.45, 7) is 0.739. The summed E-state index contributed by atoms with van der Waals surface area (Å²) in [5.41, 5.74) is 3.65. The first kappa shape index (κ1) is 10.8. The highest BCUT2D eigenvalue weighted by atomic mass is 35.5. The molecule has 0 bridgehead atoms. The molecule has 0 radical (unpaired) electrons. The Bertz CT molecular complexity index is 510. The van der Waals surface area contributed by atoms with Crippen LogP contribution in [0.1, 0.15) is 29.3 Å². The summed E-state index contributed by atoms with van der Waals surface area (Å²) in [5.74, 6) is 0. The summed E-state index contributed by atoms with van der Waals surface area (Å²) in [6, 6.07) is 8.42. The highest BCUT2D eigenvalue weighted by molar-refractivity contribution is 6.30. The first-order valence-electron chi connectivity index (χ1n) is 5.74. The van der Waals surface area contributed by atoms with E-state index in [-0.39, 0.29) is 0 Å². The van der Waals surface area contributed by atoms with Crippen molar-refractivity contribution in [3.63, 3.8) is 0 Å². The van der Waals surface area contributed by atoms with E-state index in [0.717, 1.165) is 30.1 Å². The number of hydrogen-bond donors (Lipinski definition) is 1. The van der Waals surface area contributed by atoms with Crippen LogP contribution in [-0.2, 0) is 13.0 Å². The molecule has 0 aliphatic heterocycles. The number of benzene rings is 1. The smallest absolute Gasteiger partial charge is 0.124 e. The van der Waals surface area contributed by atoms with Crippen LogP contribution in [0.15, 0.2) is 35.1 Å². The molecule has 0 saturated heterocycles. The third-order valence-corrected chi connectivity index (χ3v) is 3.44. The van der Waals surface area contributed by atoms with Gasteiger partial charge in [0.2, 0.25) is 0 Å². The van der Waals surface area contributed by atoms with Crippen molar-refractivity contribution in [1.29, 1.82) is 0 Å². The van der Waals surface area contributed by atoms with Crippen molar-refractivity contribution in [3.05, 3.63) is 52.4 Å². The normalized spacial score (nSPS) is 18.3. The van der Waals surface area contributed by atoms with Gasteiger partial charge >= 0.3 is 0 Å². The lowest BCUT2D eigenvalue weighted by Gasteiger charge is -2.12. The topological polar surface area (TPSA) is 38.1 Å². The van der Waals surface area contributed by atoms with Crippen LogP contribution in [0.2, 0.25) is 5.02 Å². The Balaban J connectivity index is 1.71. The van der Waals surface area contributed by atoms with Crippen molar-refractivity contribution < 1.29 is 4.52 Å². The van der Waals surface area contributed by atoms with Crippen LogP contribution in [0.3, 0.4) is 0 Å². The number of halogens is 1. The third-order valence-electron chi connectivity index (χ3n) is 3.20. The zero-order chi connectivity index (χ0) is 11.7. The van der Waals surface area contributed by atoms with Crippen LogP contribution >= 0.6 is 11.6 Å². The Morgan fingerprint density at radius 1 is 1.41 bits per heavy atom. The second-order valence-corrected chi connectivity index (χ2v) is 4.74. The molecule has 1 N–H and O–H groups in total. The molecule has 0 saturated carbocycles. The minimum atomic E-state index is 0.402. The van der Waals surface area contributed by atoms with E-state index in [9.17, 15) is 0 Å². The van der Waals surface area contributed by atoms with E-state index in [2.05, 4.69) is 22.6 Å². The van der Waals surface area contributed by atoms with Crippen molar-refractivity contribution in [3.8, 4) is 0 Å². The Morgan fingerprint density at radius 3 is 3.18 bits per heavy atom. The number of rotatable bonds is 3. The molecule has 88 valence electrons. The first-order chi connectivity index (χ1) is 8.33. The van der Waals surface area contributed by atoms with E-state index >= 15 is 0 Å². The molecule has 4 heteroatoms. The van der Waals surface area contributed by atoms with E-state index in [4.69, 9.17) is 16.1 Å². The first-order valence-corrected chi connectivity index (χ1v) is 6.12. The summed E-state index contributed by atoms with van der Waals surface area (Å²) in [5, 5.41) is 8.20. The lowest BCUT2D eigenvalue weighted by molar-refractivity contribution is 0.404.